The van der Waals surface area contributed by atoms with Gasteiger partial charge in [0.25, 0.3) is 0 Å². The summed E-state index contributed by atoms with van der Waals surface area (Å²) < 4.78 is 1.78. The maximum absolute atomic E-state index is 11.9. The molecule has 0 bridgehead atoms. The Morgan fingerprint density at radius 3 is 2.82 bits per heavy atom. The maximum atomic E-state index is 11.9. The lowest BCUT2D eigenvalue weighted by Gasteiger charge is -2.29. The summed E-state index contributed by atoms with van der Waals surface area (Å²) in [4.78, 5) is 27.6. The minimum Gasteiger partial charge on any atom is -0.363 e. The monoisotopic (exact) mass is 377 g/mol. The van der Waals surface area contributed by atoms with Crippen LogP contribution in [0.5, 0.6) is 0 Å². The molecule has 8 nitrogen and oxygen atoms in total. The summed E-state index contributed by atoms with van der Waals surface area (Å²) in [7, 11) is 1.90. The third-order valence-electron chi connectivity index (χ3n) is 4.98. The van der Waals surface area contributed by atoms with E-state index in [0.717, 1.165) is 29.1 Å². The van der Waals surface area contributed by atoms with E-state index >= 15 is 0 Å². The Hall–Kier alpha value is -3.29. The van der Waals surface area contributed by atoms with Crippen LogP contribution in [0.25, 0.3) is 11.5 Å². The summed E-state index contributed by atoms with van der Waals surface area (Å²) in [5.41, 5.74) is 3.73. The van der Waals surface area contributed by atoms with Crippen LogP contribution in [0.4, 0.5) is 5.82 Å². The van der Waals surface area contributed by atoms with Gasteiger partial charge in [0, 0.05) is 44.0 Å². The third kappa shape index (κ3) is 3.58. The van der Waals surface area contributed by atoms with Crippen molar-refractivity contribution in [2.75, 3.05) is 11.9 Å². The number of anilines is 1. The lowest BCUT2D eigenvalue weighted by atomic mass is 10.0. The first kappa shape index (κ1) is 18.1. The molecule has 0 saturated heterocycles. The van der Waals surface area contributed by atoms with Gasteiger partial charge in [0.2, 0.25) is 5.91 Å². The van der Waals surface area contributed by atoms with E-state index in [1.54, 1.807) is 17.8 Å². The predicted octanol–water partition coefficient (Wildman–Crippen LogP) is 2.35. The number of fused-ring (bicyclic) bond motifs is 1. The second kappa shape index (κ2) is 7.38. The zero-order valence-electron chi connectivity index (χ0n) is 16.3. The Balaban J connectivity index is 1.73. The number of amides is 1. The van der Waals surface area contributed by atoms with Crippen LogP contribution in [0.1, 0.15) is 36.7 Å². The normalized spacial score (nSPS) is 14.5. The van der Waals surface area contributed by atoms with Crippen LogP contribution in [-0.2, 0) is 24.8 Å². The predicted molar refractivity (Wildman–Crippen MR) is 105 cm³/mol. The van der Waals surface area contributed by atoms with Crippen LogP contribution >= 0.6 is 0 Å². The van der Waals surface area contributed by atoms with Crippen molar-refractivity contribution in [2.24, 2.45) is 7.05 Å². The van der Waals surface area contributed by atoms with Crippen LogP contribution < -0.4 is 5.32 Å². The fourth-order valence-corrected chi connectivity index (χ4v) is 3.38. The van der Waals surface area contributed by atoms with E-state index < -0.39 is 0 Å². The molecular weight excluding hydrogens is 354 g/mol. The summed E-state index contributed by atoms with van der Waals surface area (Å²) >= 11 is 0. The number of nitrogens with one attached hydrogen (secondary N) is 1. The van der Waals surface area contributed by atoms with Crippen molar-refractivity contribution in [1.29, 1.82) is 0 Å². The van der Waals surface area contributed by atoms with E-state index in [1.807, 2.05) is 42.5 Å². The average Bonchev–Trinajstić information content (AvgIpc) is 3.14. The molecule has 4 rings (SSSR count). The lowest BCUT2D eigenvalue weighted by Crippen LogP contribution is -2.35. The van der Waals surface area contributed by atoms with Gasteiger partial charge in [-0.15, -0.1) is 0 Å². The number of aromatic nitrogens is 5. The molecule has 3 aromatic rings. The summed E-state index contributed by atoms with van der Waals surface area (Å²) in [6, 6.07) is 5.71. The molecule has 1 aliphatic rings. The van der Waals surface area contributed by atoms with Crippen molar-refractivity contribution in [3.05, 3.63) is 53.6 Å². The van der Waals surface area contributed by atoms with Crippen molar-refractivity contribution in [3.8, 4) is 11.5 Å². The standard InChI is InChI=1S/C20H23N7O/c1-13(15-10-22-26(3)11-15)23-19-16-7-9-27(14(2)28)12-18(16)24-20(25-19)17-6-4-5-8-21-17/h4-6,8,10-11,13H,7,9,12H2,1-3H3,(H,23,24,25)/t13-/m0/s1. The Morgan fingerprint density at radius 2 is 2.14 bits per heavy atom. The Labute approximate surface area is 163 Å². The number of hydrogen-bond acceptors (Lipinski definition) is 6. The number of pyridine rings is 1. The van der Waals surface area contributed by atoms with E-state index in [-0.39, 0.29) is 11.9 Å². The highest BCUT2D eigenvalue weighted by Crippen LogP contribution is 2.29. The number of rotatable bonds is 4. The van der Waals surface area contributed by atoms with Gasteiger partial charge < -0.3 is 10.2 Å². The number of hydrogen-bond donors (Lipinski definition) is 1. The quantitative estimate of drug-likeness (QED) is 0.751. The Morgan fingerprint density at radius 1 is 1.29 bits per heavy atom. The minimum atomic E-state index is 0.0371. The zero-order chi connectivity index (χ0) is 19.7. The molecule has 8 heteroatoms. The van der Waals surface area contributed by atoms with Gasteiger partial charge in [-0.05, 0) is 25.5 Å². The van der Waals surface area contributed by atoms with Crippen molar-refractivity contribution < 1.29 is 4.79 Å². The number of aryl methyl sites for hydroxylation is 1. The summed E-state index contributed by atoms with van der Waals surface area (Å²) in [6.07, 6.45) is 6.29. The van der Waals surface area contributed by atoms with E-state index in [0.29, 0.717) is 24.6 Å². The van der Waals surface area contributed by atoms with Crippen molar-refractivity contribution in [3.63, 3.8) is 0 Å². The molecule has 1 N–H and O–H groups in total. The SMILES string of the molecule is CC(=O)N1CCc2c(nc(-c3ccccn3)nc2N[C@@H](C)c2cnn(C)c2)C1. The van der Waals surface area contributed by atoms with Crippen LogP contribution in [0.3, 0.4) is 0 Å². The van der Waals surface area contributed by atoms with Crippen LogP contribution in [0.2, 0.25) is 0 Å². The smallest absolute Gasteiger partial charge is 0.219 e. The molecule has 0 aromatic carbocycles. The van der Waals surface area contributed by atoms with Gasteiger partial charge in [0.15, 0.2) is 5.82 Å². The third-order valence-corrected chi connectivity index (χ3v) is 4.98. The van der Waals surface area contributed by atoms with Gasteiger partial charge in [0.1, 0.15) is 11.5 Å². The first-order chi connectivity index (χ1) is 13.5. The lowest BCUT2D eigenvalue weighted by molar-refractivity contribution is -0.129. The molecule has 1 aliphatic heterocycles. The molecule has 0 radical (unpaired) electrons. The van der Waals surface area contributed by atoms with Crippen molar-refractivity contribution in [2.45, 2.75) is 32.9 Å². The molecule has 1 amide bonds. The topological polar surface area (TPSA) is 88.8 Å². The van der Waals surface area contributed by atoms with Crippen LogP contribution in [0.15, 0.2) is 36.8 Å². The highest BCUT2D eigenvalue weighted by molar-refractivity contribution is 5.74. The highest BCUT2D eigenvalue weighted by atomic mass is 16.2. The molecule has 144 valence electrons. The van der Waals surface area contributed by atoms with E-state index in [2.05, 4.69) is 22.3 Å². The molecule has 28 heavy (non-hydrogen) atoms. The number of carbonyl (C=O) groups excluding carboxylic acids is 1. The van der Waals surface area contributed by atoms with Gasteiger partial charge in [-0.25, -0.2) is 9.97 Å². The fraction of sp³-hybridized carbons (Fsp3) is 0.350. The minimum absolute atomic E-state index is 0.0371. The molecule has 0 unspecified atom stereocenters. The molecular formula is C20H23N7O. The van der Waals surface area contributed by atoms with Gasteiger partial charge in [-0.1, -0.05) is 6.07 Å². The molecule has 0 fully saturated rings. The molecule has 4 heterocycles. The summed E-state index contributed by atoms with van der Waals surface area (Å²) in [5.74, 6) is 1.41. The number of nitrogens with zero attached hydrogens (tertiary/aromatic N) is 6. The Bertz CT molecular complexity index is 999. The Kier molecular flexibility index (Phi) is 4.77. The van der Waals surface area contributed by atoms with Gasteiger partial charge in [-0.2, -0.15) is 5.10 Å². The fourth-order valence-electron chi connectivity index (χ4n) is 3.38. The summed E-state index contributed by atoms with van der Waals surface area (Å²) in [5, 5.41) is 7.77. The van der Waals surface area contributed by atoms with Crippen molar-refractivity contribution in [1.82, 2.24) is 29.6 Å². The first-order valence-corrected chi connectivity index (χ1v) is 9.33. The van der Waals surface area contributed by atoms with Crippen LogP contribution in [-0.4, -0.2) is 42.1 Å². The van der Waals surface area contributed by atoms with E-state index in [9.17, 15) is 4.79 Å². The highest BCUT2D eigenvalue weighted by Gasteiger charge is 2.25. The molecule has 1 atom stereocenters. The molecule has 0 aliphatic carbocycles. The second-order valence-electron chi connectivity index (χ2n) is 7.04. The largest absolute Gasteiger partial charge is 0.363 e. The molecule has 3 aromatic heterocycles. The molecule has 0 spiro atoms. The molecule has 0 saturated carbocycles. The first-order valence-electron chi connectivity index (χ1n) is 9.33. The zero-order valence-corrected chi connectivity index (χ0v) is 16.3. The van der Waals surface area contributed by atoms with Gasteiger partial charge in [0.05, 0.1) is 24.5 Å². The maximum Gasteiger partial charge on any atom is 0.219 e. The summed E-state index contributed by atoms with van der Waals surface area (Å²) in [6.45, 7) is 4.83. The van der Waals surface area contributed by atoms with Crippen LogP contribution in [0, 0.1) is 0 Å². The van der Waals surface area contributed by atoms with E-state index in [4.69, 9.17) is 9.97 Å². The number of carbonyl (C=O) groups is 1. The average molecular weight is 377 g/mol. The van der Waals surface area contributed by atoms with E-state index in [1.165, 1.54) is 0 Å². The van der Waals surface area contributed by atoms with Gasteiger partial charge >= 0.3 is 0 Å². The van der Waals surface area contributed by atoms with Crippen molar-refractivity contribution >= 4 is 11.7 Å². The second-order valence-corrected chi connectivity index (χ2v) is 7.04. The van der Waals surface area contributed by atoms with Gasteiger partial charge in [-0.3, -0.25) is 14.5 Å².